The molecule has 3 aromatic carbocycles. The molecule has 1 amide bonds. The van der Waals surface area contributed by atoms with E-state index < -0.39 is 27.5 Å². The minimum Gasteiger partial charge on any atom is -0.497 e. The third-order valence-corrected chi connectivity index (χ3v) is 10.1. The molecule has 0 spiro atoms. The van der Waals surface area contributed by atoms with Crippen LogP contribution in [0.3, 0.4) is 0 Å². The zero-order valence-electron chi connectivity index (χ0n) is 24.9. The minimum atomic E-state index is -4.14. The number of carboxylic acids is 1. The number of rotatable bonds is 8. The predicted octanol–water partition coefficient (Wildman–Crippen LogP) is 5.78. The Kier molecular flexibility index (Phi) is 7.98. The van der Waals surface area contributed by atoms with Crippen LogP contribution in [0.5, 0.6) is 5.75 Å². The molecule has 44 heavy (non-hydrogen) atoms. The third kappa shape index (κ3) is 5.71. The molecule has 0 saturated heterocycles. The maximum absolute atomic E-state index is 13.3. The number of fused-ring (bicyclic) bond motifs is 5. The summed E-state index contributed by atoms with van der Waals surface area (Å²) in [5.74, 6) is -0.721. The Balaban J connectivity index is 1.46. The van der Waals surface area contributed by atoms with Gasteiger partial charge in [-0.05, 0) is 79.1 Å². The van der Waals surface area contributed by atoms with Crippen molar-refractivity contribution in [2.75, 3.05) is 7.11 Å². The van der Waals surface area contributed by atoms with Crippen molar-refractivity contribution in [3.05, 3.63) is 89.0 Å². The molecule has 6 rings (SSSR count). The summed E-state index contributed by atoms with van der Waals surface area (Å²) in [5.41, 5.74) is 4.54. The highest BCUT2D eigenvalue weighted by Crippen LogP contribution is 2.48. The van der Waals surface area contributed by atoms with E-state index in [1.54, 1.807) is 38.3 Å². The van der Waals surface area contributed by atoms with Crippen LogP contribution in [0.15, 0.2) is 66.7 Å². The second-order valence-electron chi connectivity index (χ2n) is 12.2. The van der Waals surface area contributed by atoms with Gasteiger partial charge in [0.05, 0.1) is 18.2 Å². The van der Waals surface area contributed by atoms with Crippen molar-refractivity contribution in [3.63, 3.8) is 0 Å². The molecule has 1 fully saturated rings. The minimum absolute atomic E-state index is 0.0391. The van der Waals surface area contributed by atoms with Gasteiger partial charge >= 0.3 is 16.2 Å². The predicted molar refractivity (Wildman–Crippen MR) is 169 cm³/mol. The number of benzene rings is 3. The number of carboxylic acid groups (broad SMARTS) is 1. The van der Waals surface area contributed by atoms with Gasteiger partial charge in [0, 0.05) is 35.1 Å². The first-order valence-corrected chi connectivity index (χ1v) is 16.5. The standard InChI is InChI=1S/C34H37N3O6S/c1-34(33(39)40)19-25-17-26(43-2)14-16-27(25)31-30(23-11-7-4-8-12-23)28-15-13-24(18-29(28)37(31)21-34)32(38)36-44(41,42)35-20-22-9-5-3-6-10-22/h3,5-6,9-10,13-18,23,35H,4,7-8,11-12,19-21H2,1-2H3,(H,36,38)(H,39,40). The topological polar surface area (TPSA) is 127 Å². The Morgan fingerprint density at radius 1 is 1.02 bits per heavy atom. The fraction of sp³-hybridized carbons (Fsp3) is 0.353. The molecule has 230 valence electrons. The summed E-state index contributed by atoms with van der Waals surface area (Å²) in [6.07, 6.45) is 5.80. The van der Waals surface area contributed by atoms with Crippen molar-refractivity contribution in [1.29, 1.82) is 0 Å². The largest absolute Gasteiger partial charge is 0.497 e. The van der Waals surface area contributed by atoms with Crippen LogP contribution in [0.1, 0.15) is 72.0 Å². The molecule has 9 nitrogen and oxygen atoms in total. The Hall–Kier alpha value is -4.15. The second kappa shape index (κ2) is 11.7. The molecule has 2 heterocycles. The second-order valence-corrected chi connectivity index (χ2v) is 13.7. The molecule has 3 N–H and O–H groups in total. The quantitative estimate of drug-likeness (QED) is 0.231. The van der Waals surface area contributed by atoms with Crippen LogP contribution in [0.4, 0.5) is 0 Å². The van der Waals surface area contributed by atoms with E-state index in [4.69, 9.17) is 4.74 Å². The summed E-state index contributed by atoms with van der Waals surface area (Å²) in [6, 6.07) is 20.1. The molecule has 1 aliphatic heterocycles. The van der Waals surface area contributed by atoms with E-state index in [9.17, 15) is 23.1 Å². The highest BCUT2D eigenvalue weighted by molar-refractivity contribution is 7.88. The number of amides is 1. The molecule has 0 radical (unpaired) electrons. The summed E-state index contributed by atoms with van der Waals surface area (Å²) in [6.45, 7) is 1.98. The number of aliphatic carboxylic acids is 1. The summed E-state index contributed by atoms with van der Waals surface area (Å²) in [4.78, 5) is 26.1. The number of hydrogen-bond acceptors (Lipinski definition) is 5. The van der Waals surface area contributed by atoms with Crippen LogP contribution in [0, 0.1) is 5.41 Å². The first-order valence-electron chi connectivity index (χ1n) is 15.0. The lowest BCUT2D eigenvalue weighted by Gasteiger charge is -2.24. The first kappa shape index (κ1) is 29.9. The van der Waals surface area contributed by atoms with E-state index in [1.165, 1.54) is 12.0 Å². The van der Waals surface area contributed by atoms with Gasteiger partial charge in [0.15, 0.2) is 0 Å². The number of hydrogen-bond donors (Lipinski definition) is 3. The van der Waals surface area contributed by atoms with E-state index in [-0.39, 0.29) is 24.6 Å². The van der Waals surface area contributed by atoms with Gasteiger partial charge in [0.25, 0.3) is 5.91 Å². The van der Waals surface area contributed by atoms with Crippen LogP contribution >= 0.6 is 0 Å². The van der Waals surface area contributed by atoms with Crippen LogP contribution in [-0.2, 0) is 34.5 Å². The Morgan fingerprint density at radius 2 is 1.77 bits per heavy atom. The van der Waals surface area contributed by atoms with E-state index in [2.05, 4.69) is 9.44 Å². The van der Waals surface area contributed by atoms with Gasteiger partial charge in [-0.1, -0.05) is 55.7 Å². The average molecular weight is 616 g/mol. The highest BCUT2D eigenvalue weighted by Gasteiger charge is 2.40. The molecule has 1 atom stereocenters. The van der Waals surface area contributed by atoms with Crippen LogP contribution in [0.25, 0.3) is 22.2 Å². The molecular formula is C34H37N3O6S. The van der Waals surface area contributed by atoms with Gasteiger partial charge in [0.1, 0.15) is 5.75 Å². The van der Waals surface area contributed by atoms with Crippen molar-refractivity contribution in [2.45, 2.75) is 64.5 Å². The zero-order chi connectivity index (χ0) is 31.1. The normalized spacial score (nSPS) is 18.7. The van der Waals surface area contributed by atoms with Gasteiger partial charge in [0.2, 0.25) is 0 Å². The molecular weight excluding hydrogens is 578 g/mol. The lowest BCUT2D eigenvalue weighted by atomic mass is 9.80. The van der Waals surface area contributed by atoms with Crippen molar-refractivity contribution < 1.29 is 27.9 Å². The van der Waals surface area contributed by atoms with Gasteiger partial charge in [-0.25, -0.2) is 4.72 Å². The van der Waals surface area contributed by atoms with Crippen LogP contribution < -0.4 is 14.2 Å². The number of aromatic nitrogens is 1. The lowest BCUT2D eigenvalue weighted by Crippen LogP contribution is -2.39. The SMILES string of the molecule is COc1ccc2c(c1)CC(C)(C(=O)O)Cn1c-2c(C2CCCCC2)c2ccc(C(=O)NS(=O)(=O)NCc3ccccc3)cc21. The van der Waals surface area contributed by atoms with Gasteiger partial charge in [-0.2, -0.15) is 13.1 Å². The summed E-state index contributed by atoms with van der Waals surface area (Å²) >= 11 is 0. The monoisotopic (exact) mass is 615 g/mol. The number of methoxy groups -OCH3 is 1. The number of carbonyl (C=O) groups is 2. The summed E-state index contributed by atoms with van der Waals surface area (Å²) in [7, 11) is -2.54. The van der Waals surface area contributed by atoms with Crippen LogP contribution in [0.2, 0.25) is 0 Å². The number of nitrogens with zero attached hydrogens (tertiary/aromatic N) is 1. The smallest absolute Gasteiger partial charge is 0.311 e. The van der Waals surface area contributed by atoms with Gasteiger partial charge in [-0.3, -0.25) is 9.59 Å². The third-order valence-electron chi connectivity index (χ3n) is 9.09. The van der Waals surface area contributed by atoms with Crippen molar-refractivity contribution in [2.24, 2.45) is 5.41 Å². The molecule has 1 saturated carbocycles. The molecule has 1 unspecified atom stereocenters. The van der Waals surface area contributed by atoms with E-state index in [0.717, 1.165) is 59.0 Å². The van der Waals surface area contributed by atoms with Crippen molar-refractivity contribution >= 4 is 33.0 Å². The average Bonchev–Trinajstić information content (AvgIpc) is 3.25. The van der Waals surface area contributed by atoms with E-state index in [0.29, 0.717) is 12.2 Å². The zero-order valence-corrected chi connectivity index (χ0v) is 25.7. The Bertz CT molecular complexity index is 1840. The molecule has 4 aromatic rings. The summed E-state index contributed by atoms with van der Waals surface area (Å²) in [5, 5.41) is 11.4. The lowest BCUT2D eigenvalue weighted by molar-refractivity contribution is -0.148. The summed E-state index contributed by atoms with van der Waals surface area (Å²) < 4.78 is 37.7. The number of nitrogens with one attached hydrogen (secondary N) is 2. The molecule has 1 aromatic heterocycles. The molecule has 0 bridgehead atoms. The Labute approximate surface area is 257 Å². The van der Waals surface area contributed by atoms with Crippen molar-refractivity contribution in [3.8, 4) is 17.0 Å². The van der Waals surface area contributed by atoms with Gasteiger partial charge < -0.3 is 14.4 Å². The number of carbonyl (C=O) groups excluding carboxylic acids is 1. The maximum Gasteiger partial charge on any atom is 0.311 e. The van der Waals surface area contributed by atoms with Gasteiger partial charge in [-0.15, -0.1) is 0 Å². The molecule has 10 heteroatoms. The molecule has 1 aliphatic carbocycles. The first-order chi connectivity index (χ1) is 21.1. The van der Waals surface area contributed by atoms with E-state index in [1.807, 2.05) is 47.0 Å². The Morgan fingerprint density at radius 3 is 2.48 bits per heavy atom. The number of ether oxygens (including phenoxy) is 1. The van der Waals surface area contributed by atoms with Crippen LogP contribution in [-0.4, -0.2) is 37.1 Å². The maximum atomic E-state index is 13.3. The fourth-order valence-electron chi connectivity index (χ4n) is 6.81. The van der Waals surface area contributed by atoms with E-state index >= 15 is 0 Å². The fourth-order valence-corrected chi connectivity index (χ4v) is 7.60. The molecule has 2 aliphatic rings. The highest BCUT2D eigenvalue weighted by atomic mass is 32.2. The van der Waals surface area contributed by atoms with Crippen molar-refractivity contribution in [1.82, 2.24) is 14.0 Å².